The molecule has 2 aliphatic rings. The summed E-state index contributed by atoms with van der Waals surface area (Å²) >= 11 is 0. The molecule has 3 rings (SSSR count). The van der Waals surface area contributed by atoms with E-state index in [9.17, 15) is 14.9 Å². The SMILES string of the molecule is CC1(C)CC2(C=C(C#N)C1=O)CN(C(=O)c1ccncc1)C2. The first kappa shape index (κ1) is 14.5. The van der Waals surface area contributed by atoms with E-state index in [0.717, 1.165) is 0 Å². The number of hydrogen-bond donors (Lipinski definition) is 0. The summed E-state index contributed by atoms with van der Waals surface area (Å²) < 4.78 is 0. The van der Waals surface area contributed by atoms with Crippen molar-refractivity contribution >= 4 is 11.7 Å². The van der Waals surface area contributed by atoms with E-state index in [4.69, 9.17) is 0 Å². The molecule has 0 aromatic carbocycles. The minimum atomic E-state index is -0.550. The Labute approximate surface area is 129 Å². The van der Waals surface area contributed by atoms with E-state index in [1.165, 1.54) is 0 Å². The number of carbonyl (C=O) groups is 2. The van der Waals surface area contributed by atoms with Crippen LogP contribution in [0.4, 0.5) is 0 Å². The van der Waals surface area contributed by atoms with Gasteiger partial charge in [-0.3, -0.25) is 14.6 Å². The van der Waals surface area contributed by atoms with Crippen LogP contribution in [0.25, 0.3) is 0 Å². The normalized spacial score (nSPS) is 21.8. The van der Waals surface area contributed by atoms with Gasteiger partial charge in [-0.2, -0.15) is 5.26 Å². The number of likely N-dealkylation sites (tertiary alicyclic amines) is 1. The van der Waals surface area contributed by atoms with Crippen molar-refractivity contribution in [1.29, 1.82) is 5.26 Å². The van der Waals surface area contributed by atoms with Crippen LogP contribution in [0.3, 0.4) is 0 Å². The minimum absolute atomic E-state index is 0.0327. The van der Waals surface area contributed by atoms with E-state index in [-0.39, 0.29) is 22.7 Å². The minimum Gasteiger partial charge on any atom is -0.337 e. The molecule has 0 radical (unpaired) electrons. The zero-order valence-corrected chi connectivity index (χ0v) is 12.7. The topological polar surface area (TPSA) is 74.1 Å². The van der Waals surface area contributed by atoms with Gasteiger partial charge in [0.05, 0.1) is 5.57 Å². The lowest BCUT2D eigenvalue weighted by molar-refractivity contribution is -0.127. The predicted octanol–water partition coefficient (Wildman–Crippen LogP) is 1.97. The molecule has 0 N–H and O–H groups in total. The van der Waals surface area contributed by atoms with Crippen LogP contribution in [-0.4, -0.2) is 34.7 Å². The van der Waals surface area contributed by atoms with Crippen molar-refractivity contribution < 1.29 is 9.59 Å². The first-order chi connectivity index (χ1) is 10.4. The van der Waals surface area contributed by atoms with Crippen molar-refractivity contribution in [2.75, 3.05) is 13.1 Å². The molecule has 2 heterocycles. The Hall–Kier alpha value is -2.48. The number of aromatic nitrogens is 1. The maximum absolute atomic E-state index is 12.4. The Bertz CT molecular complexity index is 707. The maximum atomic E-state index is 12.4. The summed E-state index contributed by atoms with van der Waals surface area (Å²) in [5.74, 6) is -0.130. The van der Waals surface area contributed by atoms with Crippen molar-refractivity contribution in [3.63, 3.8) is 0 Å². The van der Waals surface area contributed by atoms with Crippen LogP contribution in [0.5, 0.6) is 0 Å². The Morgan fingerprint density at radius 3 is 2.55 bits per heavy atom. The van der Waals surface area contributed by atoms with Gasteiger partial charge in [-0.1, -0.05) is 19.9 Å². The fourth-order valence-electron chi connectivity index (χ4n) is 3.57. The van der Waals surface area contributed by atoms with Crippen LogP contribution in [0, 0.1) is 22.2 Å². The second-order valence-corrected chi connectivity index (χ2v) is 6.82. The largest absolute Gasteiger partial charge is 0.337 e. The summed E-state index contributed by atoms with van der Waals surface area (Å²) in [6, 6.07) is 5.39. The third-order valence-corrected chi connectivity index (χ3v) is 4.45. The number of nitrogens with zero attached hydrogens (tertiary/aromatic N) is 3. The molecular weight excluding hydrogens is 278 g/mol. The zero-order chi connectivity index (χ0) is 16.0. The quantitative estimate of drug-likeness (QED) is 0.794. The first-order valence-electron chi connectivity index (χ1n) is 7.24. The number of carbonyl (C=O) groups excluding carboxylic acids is 2. The highest BCUT2D eigenvalue weighted by atomic mass is 16.2. The van der Waals surface area contributed by atoms with Crippen molar-refractivity contribution in [3.05, 3.63) is 41.7 Å². The Morgan fingerprint density at radius 1 is 1.32 bits per heavy atom. The summed E-state index contributed by atoms with van der Waals surface area (Å²) in [6.07, 6.45) is 5.64. The predicted molar refractivity (Wildman–Crippen MR) is 79.7 cm³/mol. The number of Topliss-reactive ketones (excluding diaryl/α,β-unsaturated/α-hetero) is 1. The van der Waals surface area contributed by atoms with Gasteiger partial charge in [-0.25, -0.2) is 0 Å². The van der Waals surface area contributed by atoms with Crippen LogP contribution in [0.1, 0.15) is 30.6 Å². The van der Waals surface area contributed by atoms with Gasteiger partial charge in [0, 0.05) is 41.9 Å². The summed E-state index contributed by atoms with van der Waals surface area (Å²) in [4.78, 5) is 30.2. The summed E-state index contributed by atoms with van der Waals surface area (Å²) in [6.45, 7) is 4.84. The van der Waals surface area contributed by atoms with Gasteiger partial charge in [0.15, 0.2) is 5.78 Å². The monoisotopic (exact) mass is 295 g/mol. The number of ketones is 1. The Balaban J connectivity index is 1.80. The highest BCUT2D eigenvalue weighted by molar-refractivity contribution is 6.04. The highest BCUT2D eigenvalue weighted by Gasteiger charge is 2.52. The Kier molecular flexibility index (Phi) is 3.13. The van der Waals surface area contributed by atoms with E-state index in [2.05, 4.69) is 4.98 Å². The fraction of sp³-hybridized carbons (Fsp3) is 0.412. The third kappa shape index (κ3) is 2.21. The number of nitriles is 1. The molecule has 1 saturated heterocycles. The zero-order valence-electron chi connectivity index (χ0n) is 12.7. The summed E-state index contributed by atoms with van der Waals surface area (Å²) in [5.41, 5.74) is 0.0456. The van der Waals surface area contributed by atoms with Crippen molar-refractivity contribution in [2.24, 2.45) is 10.8 Å². The molecule has 5 nitrogen and oxygen atoms in total. The lowest BCUT2D eigenvalue weighted by Crippen LogP contribution is -2.60. The van der Waals surface area contributed by atoms with E-state index in [0.29, 0.717) is 25.1 Å². The van der Waals surface area contributed by atoms with Crippen LogP contribution >= 0.6 is 0 Å². The average molecular weight is 295 g/mol. The number of pyridine rings is 1. The van der Waals surface area contributed by atoms with Gasteiger partial charge >= 0.3 is 0 Å². The molecule has 0 atom stereocenters. The van der Waals surface area contributed by atoms with Gasteiger partial charge in [0.2, 0.25) is 0 Å². The molecule has 112 valence electrons. The summed E-state index contributed by atoms with van der Waals surface area (Å²) in [5, 5.41) is 9.17. The number of rotatable bonds is 1. The van der Waals surface area contributed by atoms with Crippen molar-refractivity contribution in [1.82, 2.24) is 9.88 Å². The van der Waals surface area contributed by atoms with E-state index >= 15 is 0 Å². The van der Waals surface area contributed by atoms with Gasteiger partial charge < -0.3 is 4.90 Å². The highest BCUT2D eigenvalue weighted by Crippen LogP contribution is 2.48. The second-order valence-electron chi connectivity index (χ2n) is 6.82. The van der Waals surface area contributed by atoms with Gasteiger partial charge in [-0.05, 0) is 18.6 Å². The molecular formula is C17H17N3O2. The first-order valence-corrected chi connectivity index (χ1v) is 7.24. The molecule has 0 bridgehead atoms. The molecule has 1 amide bonds. The lowest BCUT2D eigenvalue weighted by Gasteiger charge is -2.53. The van der Waals surface area contributed by atoms with E-state index in [1.54, 1.807) is 35.5 Å². The van der Waals surface area contributed by atoms with E-state index in [1.807, 2.05) is 19.9 Å². The molecule has 1 aromatic heterocycles. The number of hydrogen-bond acceptors (Lipinski definition) is 4. The molecule has 1 fully saturated rings. The molecule has 1 aromatic rings. The molecule has 0 unspecified atom stereocenters. The number of allylic oxidation sites excluding steroid dienone is 1. The molecule has 1 aliphatic carbocycles. The third-order valence-electron chi connectivity index (χ3n) is 4.45. The molecule has 22 heavy (non-hydrogen) atoms. The molecule has 5 heteroatoms. The van der Waals surface area contributed by atoms with E-state index < -0.39 is 5.41 Å². The van der Waals surface area contributed by atoms with Gasteiger partial charge in [0.1, 0.15) is 6.07 Å². The molecule has 1 aliphatic heterocycles. The van der Waals surface area contributed by atoms with Crippen LogP contribution in [0.15, 0.2) is 36.2 Å². The van der Waals surface area contributed by atoms with Crippen LogP contribution < -0.4 is 0 Å². The molecule has 1 spiro atoms. The second kappa shape index (κ2) is 4.77. The summed E-state index contributed by atoms with van der Waals surface area (Å²) in [7, 11) is 0. The number of amides is 1. The standard InChI is InChI=1S/C17H17N3O2/c1-16(2)9-17(7-13(8-18)14(16)21)10-20(11-17)15(22)12-3-5-19-6-4-12/h3-7H,9-11H2,1-2H3. The van der Waals surface area contributed by atoms with Gasteiger partial charge in [0.25, 0.3) is 5.91 Å². The van der Waals surface area contributed by atoms with Crippen molar-refractivity contribution in [2.45, 2.75) is 20.3 Å². The van der Waals surface area contributed by atoms with Crippen LogP contribution in [0.2, 0.25) is 0 Å². The Morgan fingerprint density at radius 2 is 1.95 bits per heavy atom. The average Bonchev–Trinajstić information content (AvgIpc) is 2.47. The smallest absolute Gasteiger partial charge is 0.254 e. The van der Waals surface area contributed by atoms with Crippen molar-refractivity contribution in [3.8, 4) is 6.07 Å². The fourth-order valence-corrected chi connectivity index (χ4v) is 3.57. The van der Waals surface area contributed by atoms with Gasteiger partial charge in [-0.15, -0.1) is 0 Å². The lowest BCUT2D eigenvalue weighted by atomic mass is 9.61. The maximum Gasteiger partial charge on any atom is 0.254 e. The van der Waals surface area contributed by atoms with Crippen LogP contribution in [-0.2, 0) is 4.79 Å². The molecule has 0 saturated carbocycles.